The molecule has 2 aromatic heterocycles. The first kappa shape index (κ1) is 11.3. The van der Waals surface area contributed by atoms with Gasteiger partial charge < -0.3 is 9.73 Å². The van der Waals surface area contributed by atoms with Gasteiger partial charge in [0.1, 0.15) is 11.4 Å². The molecule has 0 bridgehead atoms. The van der Waals surface area contributed by atoms with Crippen molar-refractivity contribution in [2.24, 2.45) is 0 Å². The lowest BCUT2D eigenvalue weighted by Gasteiger charge is -2.07. The van der Waals surface area contributed by atoms with E-state index in [-0.39, 0.29) is 0 Å². The van der Waals surface area contributed by atoms with E-state index < -0.39 is 0 Å². The zero-order valence-corrected chi connectivity index (χ0v) is 11.1. The van der Waals surface area contributed by atoms with Gasteiger partial charge in [-0.05, 0) is 23.8 Å². The van der Waals surface area contributed by atoms with Crippen LogP contribution in [0.25, 0.3) is 11.0 Å². The second kappa shape index (κ2) is 4.82. The normalized spacial score (nSPS) is 10.7. The lowest BCUT2D eigenvalue weighted by Crippen LogP contribution is -2.01. The Bertz CT molecular complexity index is 678. The van der Waals surface area contributed by atoms with E-state index in [9.17, 15) is 0 Å². The van der Waals surface area contributed by atoms with Gasteiger partial charge in [0.2, 0.25) is 0 Å². The molecule has 0 saturated heterocycles. The molecule has 0 amide bonds. The van der Waals surface area contributed by atoms with Crippen LogP contribution in [0.15, 0.2) is 57.7 Å². The van der Waals surface area contributed by atoms with Crippen LogP contribution in [0.5, 0.6) is 0 Å². The molecule has 2 heterocycles. The number of nitrogens with one attached hydrogen (secondary N) is 1. The number of halogens is 1. The van der Waals surface area contributed by atoms with E-state index in [1.54, 1.807) is 12.5 Å². The van der Waals surface area contributed by atoms with Gasteiger partial charge in [-0.25, -0.2) is 4.98 Å². The van der Waals surface area contributed by atoms with Crippen molar-refractivity contribution in [3.8, 4) is 0 Å². The van der Waals surface area contributed by atoms with E-state index in [0.717, 1.165) is 27.8 Å². The van der Waals surface area contributed by atoms with E-state index in [4.69, 9.17) is 4.42 Å². The molecule has 0 aliphatic heterocycles. The van der Waals surface area contributed by atoms with Gasteiger partial charge in [0.15, 0.2) is 0 Å². The number of pyridine rings is 1. The third kappa shape index (κ3) is 2.11. The van der Waals surface area contributed by atoms with E-state index in [0.29, 0.717) is 0 Å². The third-order valence-corrected chi connectivity index (χ3v) is 3.56. The molecule has 3 rings (SSSR count). The number of aromatic nitrogens is 1. The van der Waals surface area contributed by atoms with Crippen molar-refractivity contribution >= 4 is 32.7 Å². The van der Waals surface area contributed by atoms with Gasteiger partial charge >= 0.3 is 0 Å². The summed E-state index contributed by atoms with van der Waals surface area (Å²) in [6.07, 6.45) is 3.42. The fourth-order valence-corrected chi connectivity index (χ4v) is 2.28. The fourth-order valence-electron chi connectivity index (χ4n) is 1.86. The summed E-state index contributed by atoms with van der Waals surface area (Å²) in [6.45, 7) is 0.721. The van der Waals surface area contributed by atoms with Crippen molar-refractivity contribution in [2.75, 3.05) is 5.32 Å². The SMILES string of the molecule is Brc1ccccc1CNc1nccc2occc12. The summed E-state index contributed by atoms with van der Waals surface area (Å²) in [5, 5.41) is 4.33. The molecule has 3 nitrogen and oxygen atoms in total. The molecule has 0 radical (unpaired) electrons. The van der Waals surface area contributed by atoms with Crippen molar-refractivity contribution in [1.29, 1.82) is 0 Å². The number of furan rings is 1. The summed E-state index contributed by atoms with van der Waals surface area (Å²) in [5.74, 6) is 0.844. The van der Waals surface area contributed by atoms with Gasteiger partial charge in [-0.3, -0.25) is 0 Å². The second-order valence-corrected chi connectivity index (χ2v) is 4.79. The van der Waals surface area contributed by atoms with Crippen LogP contribution in [0.2, 0.25) is 0 Å². The summed E-state index contributed by atoms with van der Waals surface area (Å²) in [7, 11) is 0. The van der Waals surface area contributed by atoms with Crippen LogP contribution in [-0.4, -0.2) is 4.98 Å². The molecule has 3 aromatic rings. The van der Waals surface area contributed by atoms with Gasteiger partial charge in [0, 0.05) is 17.2 Å². The molecule has 0 saturated carbocycles. The van der Waals surface area contributed by atoms with Gasteiger partial charge in [0.05, 0.1) is 11.6 Å². The van der Waals surface area contributed by atoms with Crippen LogP contribution in [0.4, 0.5) is 5.82 Å². The molecule has 0 spiro atoms. The number of hydrogen-bond donors (Lipinski definition) is 1. The quantitative estimate of drug-likeness (QED) is 0.788. The van der Waals surface area contributed by atoms with Gasteiger partial charge in [0.25, 0.3) is 0 Å². The Labute approximate surface area is 113 Å². The number of fused-ring (bicyclic) bond motifs is 1. The highest BCUT2D eigenvalue weighted by molar-refractivity contribution is 9.10. The van der Waals surface area contributed by atoms with Crippen LogP contribution >= 0.6 is 15.9 Å². The molecule has 0 unspecified atom stereocenters. The molecular weight excluding hydrogens is 292 g/mol. The molecular formula is C14H11BrN2O. The summed E-state index contributed by atoms with van der Waals surface area (Å²) >= 11 is 3.53. The van der Waals surface area contributed by atoms with Crippen LogP contribution in [0.1, 0.15) is 5.56 Å². The average Bonchev–Trinajstić information content (AvgIpc) is 2.86. The second-order valence-electron chi connectivity index (χ2n) is 3.94. The van der Waals surface area contributed by atoms with Crippen LogP contribution in [0, 0.1) is 0 Å². The maximum atomic E-state index is 5.35. The first-order valence-corrected chi connectivity index (χ1v) is 6.43. The van der Waals surface area contributed by atoms with E-state index in [2.05, 4.69) is 32.3 Å². The summed E-state index contributed by atoms with van der Waals surface area (Å²) < 4.78 is 6.44. The monoisotopic (exact) mass is 302 g/mol. The third-order valence-electron chi connectivity index (χ3n) is 2.78. The zero-order chi connectivity index (χ0) is 12.4. The molecule has 0 aliphatic rings. The minimum absolute atomic E-state index is 0.721. The Hall–Kier alpha value is -1.81. The maximum Gasteiger partial charge on any atom is 0.139 e. The van der Waals surface area contributed by atoms with Crippen molar-refractivity contribution in [1.82, 2.24) is 4.98 Å². The van der Waals surface area contributed by atoms with Crippen molar-refractivity contribution < 1.29 is 4.42 Å². The number of rotatable bonds is 3. The van der Waals surface area contributed by atoms with Crippen LogP contribution in [0.3, 0.4) is 0 Å². The molecule has 0 fully saturated rings. The Kier molecular flexibility index (Phi) is 3.02. The first-order chi connectivity index (χ1) is 8.84. The molecule has 18 heavy (non-hydrogen) atoms. The number of hydrogen-bond acceptors (Lipinski definition) is 3. The lowest BCUT2D eigenvalue weighted by atomic mass is 10.2. The van der Waals surface area contributed by atoms with Gasteiger partial charge in [-0.15, -0.1) is 0 Å². The van der Waals surface area contributed by atoms with E-state index in [1.165, 1.54) is 5.56 Å². The van der Waals surface area contributed by atoms with Crippen LogP contribution < -0.4 is 5.32 Å². The highest BCUT2D eigenvalue weighted by Crippen LogP contribution is 2.23. The number of nitrogens with zero attached hydrogens (tertiary/aromatic N) is 1. The molecule has 0 aliphatic carbocycles. The summed E-state index contributed by atoms with van der Waals surface area (Å²) in [4.78, 5) is 4.34. The zero-order valence-electron chi connectivity index (χ0n) is 9.56. The van der Waals surface area contributed by atoms with Crippen molar-refractivity contribution in [2.45, 2.75) is 6.54 Å². The largest absolute Gasteiger partial charge is 0.464 e. The molecule has 1 N–H and O–H groups in total. The Morgan fingerprint density at radius 3 is 2.94 bits per heavy atom. The lowest BCUT2D eigenvalue weighted by molar-refractivity contribution is 0.615. The Balaban J connectivity index is 1.85. The maximum absolute atomic E-state index is 5.35. The minimum atomic E-state index is 0.721. The van der Waals surface area contributed by atoms with Gasteiger partial charge in [-0.1, -0.05) is 34.1 Å². The number of anilines is 1. The van der Waals surface area contributed by atoms with E-state index >= 15 is 0 Å². The Morgan fingerprint density at radius 1 is 1.17 bits per heavy atom. The molecule has 90 valence electrons. The predicted molar refractivity (Wildman–Crippen MR) is 75.5 cm³/mol. The highest BCUT2D eigenvalue weighted by atomic mass is 79.9. The molecule has 4 heteroatoms. The topological polar surface area (TPSA) is 38.1 Å². The van der Waals surface area contributed by atoms with E-state index in [1.807, 2.05) is 30.3 Å². The van der Waals surface area contributed by atoms with Crippen LogP contribution in [-0.2, 0) is 6.54 Å². The van der Waals surface area contributed by atoms with Crippen molar-refractivity contribution in [3.63, 3.8) is 0 Å². The predicted octanol–water partition coefficient (Wildman–Crippen LogP) is 4.20. The highest BCUT2D eigenvalue weighted by Gasteiger charge is 2.05. The van der Waals surface area contributed by atoms with Crippen molar-refractivity contribution in [3.05, 3.63) is 58.9 Å². The molecule has 0 atom stereocenters. The Morgan fingerprint density at radius 2 is 2.06 bits per heavy atom. The summed E-state index contributed by atoms with van der Waals surface area (Å²) in [6, 6.07) is 11.9. The smallest absolute Gasteiger partial charge is 0.139 e. The molecule has 1 aromatic carbocycles. The fraction of sp³-hybridized carbons (Fsp3) is 0.0714. The number of benzene rings is 1. The summed E-state index contributed by atoms with van der Waals surface area (Å²) in [5.41, 5.74) is 2.04. The average molecular weight is 303 g/mol. The first-order valence-electron chi connectivity index (χ1n) is 5.64. The minimum Gasteiger partial charge on any atom is -0.464 e. The standard InChI is InChI=1S/C14H11BrN2O/c15-12-4-2-1-3-10(12)9-17-14-11-6-8-18-13(11)5-7-16-14/h1-8H,9H2,(H,16,17). The van der Waals surface area contributed by atoms with Gasteiger partial charge in [-0.2, -0.15) is 0 Å².